The normalized spacial score (nSPS) is 29.7. The molecule has 1 saturated carbocycles. The fraction of sp³-hybridized carbons (Fsp3) is 0.818. The summed E-state index contributed by atoms with van der Waals surface area (Å²) in [5.74, 6) is 0.151. The summed E-state index contributed by atoms with van der Waals surface area (Å²) in [4.78, 5) is 22.6. The van der Waals surface area contributed by atoms with Crippen molar-refractivity contribution in [2.24, 2.45) is 5.41 Å². The van der Waals surface area contributed by atoms with Crippen molar-refractivity contribution in [3.63, 3.8) is 0 Å². The highest BCUT2D eigenvalue weighted by molar-refractivity contribution is 7.13. The van der Waals surface area contributed by atoms with Gasteiger partial charge in [0, 0.05) is 25.7 Å². The topological polar surface area (TPSA) is 65.9 Å². The second-order valence-electron chi connectivity index (χ2n) is 9.48. The fourth-order valence-corrected chi connectivity index (χ4v) is 6.28. The van der Waals surface area contributed by atoms with Gasteiger partial charge in [0.1, 0.15) is 4.88 Å². The number of amides is 1. The molecule has 1 atom stereocenters. The summed E-state index contributed by atoms with van der Waals surface area (Å²) in [6.45, 7) is 7.34. The van der Waals surface area contributed by atoms with Crippen molar-refractivity contribution in [2.45, 2.75) is 77.0 Å². The number of carbonyl (C=O) groups excluding carboxylic acids is 1. The molecule has 3 fully saturated rings. The maximum absolute atomic E-state index is 12.9. The van der Waals surface area contributed by atoms with E-state index in [2.05, 4.69) is 16.9 Å². The lowest BCUT2D eigenvalue weighted by molar-refractivity contribution is 0.0336. The summed E-state index contributed by atoms with van der Waals surface area (Å²) in [7, 11) is 2.21. The van der Waals surface area contributed by atoms with Crippen molar-refractivity contribution >= 4 is 17.2 Å². The third-order valence-electron chi connectivity index (χ3n) is 7.28. The zero-order chi connectivity index (χ0) is 20.6. The van der Waals surface area contributed by atoms with Crippen LogP contribution >= 0.6 is 11.3 Å². The minimum absolute atomic E-state index is 0.101. The number of hydrogen-bond donors (Lipinski definition) is 1. The second-order valence-corrected chi connectivity index (χ2v) is 10.7. The molecule has 1 aliphatic carbocycles. The van der Waals surface area contributed by atoms with E-state index in [1.54, 1.807) is 0 Å². The number of aromatic nitrogens is 1. The minimum atomic E-state index is -0.101. The Morgan fingerprint density at radius 1 is 1.28 bits per heavy atom. The Bertz CT molecular complexity index is 721. The highest BCUT2D eigenvalue weighted by atomic mass is 32.1. The lowest BCUT2D eigenvalue weighted by atomic mass is 9.76. The van der Waals surface area contributed by atoms with Crippen molar-refractivity contribution < 1.29 is 14.6 Å². The van der Waals surface area contributed by atoms with Crippen LogP contribution in [0.5, 0.6) is 0 Å². The van der Waals surface area contributed by atoms with E-state index in [-0.39, 0.29) is 17.4 Å². The molecule has 1 aromatic rings. The summed E-state index contributed by atoms with van der Waals surface area (Å²) in [5, 5.41) is 10.7. The molecule has 3 heterocycles. The van der Waals surface area contributed by atoms with Crippen molar-refractivity contribution in [3.05, 3.63) is 15.6 Å². The number of rotatable bonds is 4. The molecular weight excluding hydrogens is 386 g/mol. The van der Waals surface area contributed by atoms with Crippen LogP contribution in [0.4, 0.5) is 0 Å². The summed E-state index contributed by atoms with van der Waals surface area (Å²) < 4.78 is 6.23. The van der Waals surface area contributed by atoms with E-state index >= 15 is 0 Å². The molecule has 0 aromatic carbocycles. The molecule has 6 nitrogen and oxygen atoms in total. The van der Waals surface area contributed by atoms with Gasteiger partial charge in [0.2, 0.25) is 0 Å². The highest BCUT2D eigenvalue weighted by Gasteiger charge is 2.44. The van der Waals surface area contributed by atoms with E-state index in [1.165, 1.54) is 11.3 Å². The van der Waals surface area contributed by atoms with E-state index in [0.717, 1.165) is 86.8 Å². The second kappa shape index (κ2) is 8.61. The Hall–Kier alpha value is -1.02. The Morgan fingerprint density at radius 3 is 2.59 bits per heavy atom. The van der Waals surface area contributed by atoms with Crippen molar-refractivity contribution in [3.8, 4) is 0 Å². The van der Waals surface area contributed by atoms with E-state index < -0.39 is 0 Å². The molecule has 1 N–H and O–H groups in total. The zero-order valence-corrected chi connectivity index (χ0v) is 18.8. The van der Waals surface area contributed by atoms with Crippen LogP contribution in [-0.2, 0) is 4.74 Å². The van der Waals surface area contributed by atoms with Crippen LogP contribution in [0, 0.1) is 19.3 Å². The summed E-state index contributed by atoms with van der Waals surface area (Å²) in [5.41, 5.74) is 1.10. The molecule has 29 heavy (non-hydrogen) atoms. The Kier molecular flexibility index (Phi) is 6.30. The smallest absolute Gasteiger partial charge is 0.265 e. The molecule has 0 radical (unpaired) electrons. The van der Waals surface area contributed by atoms with Crippen LogP contribution in [0.2, 0.25) is 0 Å². The van der Waals surface area contributed by atoms with Gasteiger partial charge < -0.3 is 19.6 Å². The molecular formula is C22H35N3O3S. The first-order valence-electron chi connectivity index (χ1n) is 11.1. The monoisotopic (exact) mass is 421 g/mol. The quantitative estimate of drug-likeness (QED) is 0.810. The number of likely N-dealkylation sites (N-methyl/N-ethyl adjacent to an activating group) is 1. The number of aryl methyl sites for hydroxylation is 2. The van der Waals surface area contributed by atoms with E-state index in [1.807, 2.05) is 18.7 Å². The molecule has 2 aliphatic heterocycles. The predicted molar refractivity (Wildman–Crippen MR) is 114 cm³/mol. The van der Waals surface area contributed by atoms with Crippen LogP contribution in [-0.4, -0.2) is 77.3 Å². The SMILES string of the molecule is Cc1nc(C)c(C(=O)N2CCC3(CC2)CO[C@@H](CN(C)C2CCC(O)CC2)C3)s1. The van der Waals surface area contributed by atoms with Gasteiger partial charge in [0.25, 0.3) is 5.91 Å². The number of hydrogen-bond acceptors (Lipinski definition) is 6. The van der Waals surface area contributed by atoms with Gasteiger partial charge in [-0.05, 0) is 71.3 Å². The first-order valence-corrected chi connectivity index (χ1v) is 11.9. The number of ether oxygens (including phenoxy) is 1. The lowest BCUT2D eigenvalue weighted by Crippen LogP contribution is -2.44. The summed E-state index contributed by atoms with van der Waals surface area (Å²) in [6.07, 6.45) is 7.38. The van der Waals surface area contributed by atoms with E-state index in [9.17, 15) is 9.90 Å². The molecule has 2 saturated heterocycles. The molecule has 1 aromatic heterocycles. The molecule has 3 aliphatic rings. The predicted octanol–water partition coefficient (Wildman–Crippen LogP) is 3.01. The number of thiazole rings is 1. The Labute approximate surface area is 178 Å². The van der Waals surface area contributed by atoms with Gasteiger partial charge in [-0.3, -0.25) is 4.79 Å². The summed E-state index contributed by atoms with van der Waals surface area (Å²) >= 11 is 1.51. The van der Waals surface area contributed by atoms with Gasteiger partial charge in [-0.1, -0.05) is 0 Å². The number of piperidine rings is 1. The zero-order valence-electron chi connectivity index (χ0n) is 18.0. The highest BCUT2D eigenvalue weighted by Crippen LogP contribution is 2.42. The van der Waals surface area contributed by atoms with Crippen LogP contribution in [0.1, 0.15) is 65.3 Å². The van der Waals surface area contributed by atoms with Crippen molar-refractivity contribution in [1.82, 2.24) is 14.8 Å². The van der Waals surface area contributed by atoms with Crippen molar-refractivity contribution in [1.29, 1.82) is 0 Å². The largest absolute Gasteiger partial charge is 0.393 e. The number of likely N-dealkylation sites (tertiary alicyclic amines) is 1. The van der Waals surface area contributed by atoms with Gasteiger partial charge >= 0.3 is 0 Å². The van der Waals surface area contributed by atoms with Gasteiger partial charge in [0.15, 0.2) is 0 Å². The molecule has 162 valence electrons. The maximum atomic E-state index is 12.9. The number of nitrogens with zero attached hydrogens (tertiary/aromatic N) is 3. The lowest BCUT2D eigenvalue weighted by Gasteiger charge is -2.38. The van der Waals surface area contributed by atoms with Crippen LogP contribution in [0.3, 0.4) is 0 Å². The van der Waals surface area contributed by atoms with E-state index in [4.69, 9.17) is 4.74 Å². The maximum Gasteiger partial charge on any atom is 0.265 e. The van der Waals surface area contributed by atoms with Gasteiger partial charge in [0.05, 0.1) is 29.5 Å². The fourth-order valence-electron chi connectivity index (χ4n) is 5.39. The Balaban J connectivity index is 1.27. The molecule has 1 amide bonds. The van der Waals surface area contributed by atoms with E-state index in [0.29, 0.717) is 12.1 Å². The summed E-state index contributed by atoms with van der Waals surface area (Å²) in [6, 6.07) is 0.573. The number of aliphatic hydroxyl groups is 1. The first-order chi connectivity index (χ1) is 13.8. The standard InChI is InChI=1S/C22H35N3O3S/c1-15-20(29-16(2)23-15)21(27)25-10-8-22(9-11-25)12-19(28-14-22)13-24(3)17-4-6-18(26)7-5-17/h17-19,26H,4-14H2,1-3H3/t17?,18?,19-/m1/s1. The minimum Gasteiger partial charge on any atom is -0.393 e. The van der Waals surface area contributed by atoms with Gasteiger partial charge in [-0.15, -0.1) is 11.3 Å². The molecule has 7 heteroatoms. The Morgan fingerprint density at radius 2 is 1.97 bits per heavy atom. The van der Waals surface area contributed by atoms with Crippen LogP contribution in [0.25, 0.3) is 0 Å². The average Bonchev–Trinajstić information content (AvgIpc) is 3.24. The number of carbonyl (C=O) groups is 1. The van der Waals surface area contributed by atoms with Gasteiger partial charge in [-0.25, -0.2) is 4.98 Å². The molecule has 0 bridgehead atoms. The first kappa shape index (κ1) is 21.2. The average molecular weight is 422 g/mol. The van der Waals surface area contributed by atoms with Crippen LogP contribution < -0.4 is 0 Å². The molecule has 4 rings (SSSR count). The molecule has 0 unspecified atom stereocenters. The molecule has 1 spiro atoms. The third kappa shape index (κ3) is 4.68. The van der Waals surface area contributed by atoms with Crippen molar-refractivity contribution in [2.75, 3.05) is 33.3 Å². The third-order valence-corrected chi connectivity index (χ3v) is 8.34. The van der Waals surface area contributed by atoms with Crippen LogP contribution in [0.15, 0.2) is 0 Å². The van der Waals surface area contributed by atoms with Gasteiger partial charge in [-0.2, -0.15) is 0 Å². The number of aliphatic hydroxyl groups excluding tert-OH is 1.